The summed E-state index contributed by atoms with van der Waals surface area (Å²) in [5.74, 6) is 3.62. The van der Waals surface area contributed by atoms with Crippen LogP contribution in [0.3, 0.4) is 0 Å². The Morgan fingerprint density at radius 3 is 2.70 bits per heavy atom. The van der Waals surface area contributed by atoms with E-state index in [-0.39, 0.29) is 5.54 Å². The number of carbonyl (C=O) groups is 1. The van der Waals surface area contributed by atoms with Crippen molar-refractivity contribution < 1.29 is 4.79 Å². The molecule has 6 atom stereocenters. The van der Waals surface area contributed by atoms with Crippen molar-refractivity contribution >= 4 is 5.91 Å². The van der Waals surface area contributed by atoms with E-state index in [2.05, 4.69) is 19.2 Å². The van der Waals surface area contributed by atoms with Crippen molar-refractivity contribution in [1.29, 1.82) is 0 Å². The molecule has 1 saturated heterocycles. The van der Waals surface area contributed by atoms with E-state index in [4.69, 9.17) is 0 Å². The molecule has 0 aromatic heterocycles. The molecular formula is C18H29NO. The van der Waals surface area contributed by atoms with Gasteiger partial charge in [0.1, 0.15) is 0 Å². The van der Waals surface area contributed by atoms with Crippen molar-refractivity contribution in [2.75, 3.05) is 0 Å². The Bertz CT molecular complexity index is 433. The molecule has 1 amide bonds. The van der Waals surface area contributed by atoms with E-state index in [1.807, 2.05) is 0 Å². The van der Waals surface area contributed by atoms with E-state index in [1.165, 1.54) is 51.4 Å². The number of hydrogen-bond donors (Lipinski definition) is 1. The Labute approximate surface area is 123 Å². The van der Waals surface area contributed by atoms with Gasteiger partial charge in [0.25, 0.3) is 0 Å². The van der Waals surface area contributed by atoms with Crippen LogP contribution in [0.2, 0.25) is 0 Å². The van der Waals surface area contributed by atoms with Crippen LogP contribution in [0.1, 0.15) is 71.6 Å². The van der Waals surface area contributed by atoms with Crippen LogP contribution in [0.25, 0.3) is 0 Å². The van der Waals surface area contributed by atoms with Crippen LogP contribution in [0.15, 0.2) is 0 Å². The molecule has 3 saturated carbocycles. The molecule has 1 N–H and O–H groups in total. The molecule has 0 aromatic rings. The summed E-state index contributed by atoms with van der Waals surface area (Å²) in [5, 5.41) is 3.31. The van der Waals surface area contributed by atoms with E-state index in [9.17, 15) is 4.79 Å². The fourth-order valence-electron chi connectivity index (χ4n) is 6.72. The quantitative estimate of drug-likeness (QED) is 0.714. The van der Waals surface area contributed by atoms with Gasteiger partial charge < -0.3 is 5.32 Å². The highest BCUT2D eigenvalue weighted by atomic mass is 16.2. The van der Waals surface area contributed by atoms with Gasteiger partial charge in [-0.2, -0.15) is 0 Å². The second-order valence-corrected chi connectivity index (χ2v) is 8.61. The van der Waals surface area contributed by atoms with Gasteiger partial charge in [0, 0.05) is 12.0 Å². The third kappa shape index (κ3) is 1.66. The zero-order valence-electron chi connectivity index (χ0n) is 13.1. The third-order valence-electron chi connectivity index (χ3n) is 7.80. The van der Waals surface area contributed by atoms with Gasteiger partial charge in [-0.1, -0.05) is 19.8 Å². The first-order valence-electron chi connectivity index (χ1n) is 8.84. The average molecular weight is 275 g/mol. The Morgan fingerprint density at radius 1 is 1.00 bits per heavy atom. The number of rotatable bonds is 0. The second kappa shape index (κ2) is 4.24. The lowest BCUT2D eigenvalue weighted by molar-refractivity contribution is -0.119. The van der Waals surface area contributed by atoms with Crippen LogP contribution in [0.5, 0.6) is 0 Å². The van der Waals surface area contributed by atoms with Crippen LogP contribution in [0.4, 0.5) is 0 Å². The van der Waals surface area contributed by atoms with Gasteiger partial charge in [-0.15, -0.1) is 0 Å². The fourth-order valence-corrected chi connectivity index (χ4v) is 6.72. The highest BCUT2D eigenvalue weighted by Gasteiger charge is 2.58. The largest absolute Gasteiger partial charge is 0.351 e. The molecule has 1 aliphatic heterocycles. The molecule has 0 aromatic carbocycles. The van der Waals surface area contributed by atoms with E-state index in [0.29, 0.717) is 17.2 Å². The van der Waals surface area contributed by atoms with Gasteiger partial charge in [0.15, 0.2) is 0 Å². The van der Waals surface area contributed by atoms with Gasteiger partial charge >= 0.3 is 0 Å². The molecule has 0 spiro atoms. The van der Waals surface area contributed by atoms with Crippen molar-refractivity contribution in [3.8, 4) is 0 Å². The molecule has 0 radical (unpaired) electrons. The maximum atomic E-state index is 11.9. The summed E-state index contributed by atoms with van der Waals surface area (Å²) in [6.45, 7) is 4.91. The molecule has 4 fully saturated rings. The number of fused-ring (bicyclic) bond motifs is 5. The van der Waals surface area contributed by atoms with Crippen molar-refractivity contribution in [3.05, 3.63) is 0 Å². The predicted octanol–water partition coefficient (Wildman–Crippen LogP) is 3.90. The highest BCUT2D eigenvalue weighted by molar-refractivity contribution is 5.80. The number of nitrogens with one attached hydrogen (secondary N) is 1. The van der Waals surface area contributed by atoms with E-state index in [0.717, 1.165) is 24.2 Å². The first-order chi connectivity index (χ1) is 9.53. The number of hydrogen-bond acceptors (Lipinski definition) is 1. The van der Waals surface area contributed by atoms with Gasteiger partial charge in [0.05, 0.1) is 0 Å². The zero-order chi connectivity index (χ0) is 14.0. The lowest BCUT2D eigenvalue weighted by Gasteiger charge is -2.59. The van der Waals surface area contributed by atoms with Gasteiger partial charge in [0.2, 0.25) is 5.91 Å². The maximum Gasteiger partial charge on any atom is 0.220 e. The summed E-state index contributed by atoms with van der Waals surface area (Å²) >= 11 is 0. The summed E-state index contributed by atoms with van der Waals surface area (Å²) in [6, 6.07) is 0. The number of amides is 1. The fraction of sp³-hybridized carbons (Fsp3) is 0.944. The van der Waals surface area contributed by atoms with Crippen LogP contribution in [0, 0.1) is 29.1 Å². The molecular weight excluding hydrogens is 246 g/mol. The summed E-state index contributed by atoms with van der Waals surface area (Å²) in [6.07, 6.45) is 12.0. The second-order valence-electron chi connectivity index (χ2n) is 8.61. The molecule has 0 bridgehead atoms. The van der Waals surface area contributed by atoms with Crippen LogP contribution in [-0.4, -0.2) is 11.4 Å². The normalized spacial score (nSPS) is 54.6. The van der Waals surface area contributed by atoms with Crippen molar-refractivity contribution in [1.82, 2.24) is 5.32 Å². The zero-order valence-corrected chi connectivity index (χ0v) is 13.1. The maximum absolute atomic E-state index is 11.9. The Morgan fingerprint density at radius 2 is 1.85 bits per heavy atom. The Kier molecular flexibility index (Phi) is 2.79. The Hall–Kier alpha value is -0.530. The minimum atomic E-state index is 0.121. The lowest BCUT2D eigenvalue weighted by atomic mass is 9.46. The van der Waals surface area contributed by atoms with Crippen molar-refractivity contribution in [2.45, 2.75) is 77.2 Å². The lowest BCUT2D eigenvalue weighted by Crippen LogP contribution is -2.56. The first kappa shape index (κ1) is 13.2. The third-order valence-corrected chi connectivity index (χ3v) is 7.80. The SMILES string of the molecule is C[C@]12CCCC[C@@H]1CC[C@@H]1[C@@H]2CC[C@]2(C)NC(=O)C[C@@H]12. The van der Waals surface area contributed by atoms with Crippen LogP contribution in [-0.2, 0) is 4.79 Å². The van der Waals surface area contributed by atoms with Gasteiger partial charge in [-0.3, -0.25) is 4.79 Å². The first-order valence-corrected chi connectivity index (χ1v) is 8.84. The summed E-state index contributed by atoms with van der Waals surface area (Å²) in [7, 11) is 0. The molecule has 112 valence electrons. The minimum absolute atomic E-state index is 0.121. The molecule has 1 heterocycles. The average Bonchev–Trinajstić information content (AvgIpc) is 2.72. The molecule has 20 heavy (non-hydrogen) atoms. The molecule has 0 unspecified atom stereocenters. The summed E-state index contributed by atoms with van der Waals surface area (Å²) in [5.41, 5.74) is 0.713. The van der Waals surface area contributed by atoms with E-state index < -0.39 is 0 Å². The van der Waals surface area contributed by atoms with Gasteiger partial charge in [-0.05, 0) is 74.5 Å². The standard InChI is InChI=1S/C18H29NO/c1-17-9-4-3-5-12(17)6-7-13-14(17)8-10-18(2)15(13)11-16(20)19-18/h12-15H,3-11H2,1-2H3,(H,19,20)/t12-,13-,14+,15+,17+,18+/m1/s1. The van der Waals surface area contributed by atoms with E-state index >= 15 is 0 Å². The van der Waals surface area contributed by atoms with Crippen LogP contribution >= 0.6 is 0 Å². The molecule has 4 aliphatic rings. The summed E-state index contributed by atoms with van der Waals surface area (Å²) < 4.78 is 0. The monoisotopic (exact) mass is 275 g/mol. The Balaban J connectivity index is 1.65. The van der Waals surface area contributed by atoms with Crippen molar-refractivity contribution in [2.24, 2.45) is 29.1 Å². The number of carbonyl (C=O) groups excluding carboxylic acids is 1. The minimum Gasteiger partial charge on any atom is -0.351 e. The molecule has 2 nitrogen and oxygen atoms in total. The summed E-state index contributed by atoms with van der Waals surface area (Å²) in [4.78, 5) is 11.9. The molecule has 2 heteroatoms. The van der Waals surface area contributed by atoms with Crippen molar-refractivity contribution in [3.63, 3.8) is 0 Å². The smallest absolute Gasteiger partial charge is 0.220 e. The topological polar surface area (TPSA) is 29.1 Å². The molecule has 4 rings (SSSR count). The molecule has 3 aliphatic carbocycles. The van der Waals surface area contributed by atoms with E-state index in [1.54, 1.807) is 0 Å². The predicted molar refractivity (Wildman–Crippen MR) is 80.2 cm³/mol. The van der Waals surface area contributed by atoms with Gasteiger partial charge in [-0.25, -0.2) is 0 Å². The highest BCUT2D eigenvalue weighted by Crippen LogP contribution is 2.62. The van der Waals surface area contributed by atoms with Crippen LogP contribution < -0.4 is 5.32 Å².